The molecule has 3 aliphatic rings. The second kappa shape index (κ2) is 7.25. The van der Waals surface area contributed by atoms with Gasteiger partial charge in [-0.3, -0.25) is 9.69 Å². The van der Waals surface area contributed by atoms with Crippen LogP contribution in [0.25, 0.3) is 0 Å². The van der Waals surface area contributed by atoms with E-state index in [1.165, 1.54) is 18.4 Å². The van der Waals surface area contributed by atoms with Crippen molar-refractivity contribution in [2.75, 3.05) is 32.8 Å². The third-order valence-corrected chi connectivity index (χ3v) is 5.41. The van der Waals surface area contributed by atoms with Crippen molar-refractivity contribution < 1.29 is 14.1 Å². The average Bonchev–Trinajstić information content (AvgIpc) is 3.01. The topological polar surface area (TPSA) is 71.7 Å². The van der Waals surface area contributed by atoms with E-state index in [1.807, 2.05) is 11.8 Å². The molecule has 0 spiro atoms. The van der Waals surface area contributed by atoms with E-state index in [0.717, 1.165) is 39.0 Å². The zero-order valence-electron chi connectivity index (χ0n) is 14.8. The molecule has 7 heteroatoms. The van der Waals surface area contributed by atoms with Crippen LogP contribution < -0.4 is 0 Å². The standard InChI is InChI=1S/C18H26N4O3/c1-13-19-18(25-20-13)16-12-21(7-8-24-16)15-10-22(11-15)17(23)9-14-5-3-2-4-6-14/h5,15-16H,2-4,6-12H2,1H3. The molecule has 2 saturated heterocycles. The monoisotopic (exact) mass is 346 g/mol. The van der Waals surface area contributed by atoms with Gasteiger partial charge in [-0.05, 0) is 32.6 Å². The first-order valence-electron chi connectivity index (χ1n) is 9.30. The quantitative estimate of drug-likeness (QED) is 0.775. The second-order valence-corrected chi connectivity index (χ2v) is 7.27. The van der Waals surface area contributed by atoms with Gasteiger partial charge in [0.15, 0.2) is 5.82 Å². The highest BCUT2D eigenvalue weighted by Crippen LogP contribution is 2.27. The first-order chi connectivity index (χ1) is 12.2. The number of carbonyl (C=O) groups is 1. The van der Waals surface area contributed by atoms with Crippen LogP contribution in [0, 0.1) is 6.92 Å². The summed E-state index contributed by atoms with van der Waals surface area (Å²) in [5, 5.41) is 3.84. The summed E-state index contributed by atoms with van der Waals surface area (Å²) in [5.41, 5.74) is 1.33. The number of allylic oxidation sites excluding steroid dienone is 1. The van der Waals surface area contributed by atoms with Gasteiger partial charge in [-0.1, -0.05) is 16.8 Å². The van der Waals surface area contributed by atoms with Crippen molar-refractivity contribution >= 4 is 5.91 Å². The Kier molecular flexibility index (Phi) is 4.85. The number of nitrogens with zero attached hydrogens (tertiary/aromatic N) is 4. The molecule has 25 heavy (non-hydrogen) atoms. The number of hydrogen-bond donors (Lipinski definition) is 0. The lowest BCUT2D eigenvalue weighted by molar-refractivity contribution is -0.141. The molecular formula is C18H26N4O3. The number of aromatic nitrogens is 2. The summed E-state index contributed by atoms with van der Waals surface area (Å²) in [7, 11) is 0. The van der Waals surface area contributed by atoms with Gasteiger partial charge in [0.25, 0.3) is 5.89 Å². The fraction of sp³-hybridized carbons (Fsp3) is 0.722. The Balaban J connectivity index is 1.27. The van der Waals surface area contributed by atoms with Gasteiger partial charge < -0.3 is 14.2 Å². The highest BCUT2D eigenvalue weighted by atomic mass is 16.5. The predicted molar refractivity (Wildman–Crippen MR) is 90.8 cm³/mol. The van der Waals surface area contributed by atoms with Crippen molar-refractivity contribution in [1.29, 1.82) is 0 Å². The Morgan fingerprint density at radius 2 is 2.20 bits per heavy atom. The van der Waals surface area contributed by atoms with Crippen LogP contribution in [0.15, 0.2) is 16.2 Å². The van der Waals surface area contributed by atoms with Crippen LogP contribution in [-0.4, -0.2) is 64.7 Å². The number of likely N-dealkylation sites (tertiary alicyclic amines) is 1. The van der Waals surface area contributed by atoms with E-state index in [4.69, 9.17) is 9.26 Å². The SMILES string of the molecule is Cc1noc(C2CN(C3CN(C(=O)CC4=CCCCC4)C3)CCO2)n1. The fourth-order valence-electron chi connectivity index (χ4n) is 3.86. The summed E-state index contributed by atoms with van der Waals surface area (Å²) in [6, 6.07) is 0.416. The smallest absolute Gasteiger partial charge is 0.257 e. The van der Waals surface area contributed by atoms with Gasteiger partial charge in [0.2, 0.25) is 5.91 Å². The molecule has 1 unspecified atom stereocenters. The maximum atomic E-state index is 12.4. The molecule has 4 rings (SSSR count). The number of ether oxygens (including phenoxy) is 1. The Morgan fingerprint density at radius 3 is 2.92 bits per heavy atom. The molecule has 136 valence electrons. The van der Waals surface area contributed by atoms with Crippen molar-refractivity contribution in [2.24, 2.45) is 0 Å². The van der Waals surface area contributed by atoms with Gasteiger partial charge in [-0.15, -0.1) is 0 Å². The molecule has 0 N–H and O–H groups in total. The Bertz CT molecular complexity index is 651. The zero-order chi connectivity index (χ0) is 17.2. The lowest BCUT2D eigenvalue weighted by Crippen LogP contribution is -2.63. The first-order valence-corrected chi connectivity index (χ1v) is 9.30. The number of rotatable bonds is 4. The second-order valence-electron chi connectivity index (χ2n) is 7.27. The van der Waals surface area contributed by atoms with E-state index in [9.17, 15) is 4.79 Å². The Morgan fingerprint density at radius 1 is 1.32 bits per heavy atom. The molecule has 3 heterocycles. The van der Waals surface area contributed by atoms with Gasteiger partial charge in [0.1, 0.15) is 6.10 Å². The number of carbonyl (C=O) groups excluding carboxylic acids is 1. The number of aryl methyl sites for hydroxylation is 1. The maximum absolute atomic E-state index is 12.4. The molecule has 0 bridgehead atoms. The van der Waals surface area contributed by atoms with Crippen LogP contribution in [-0.2, 0) is 9.53 Å². The van der Waals surface area contributed by atoms with E-state index >= 15 is 0 Å². The fourth-order valence-corrected chi connectivity index (χ4v) is 3.86. The Labute approximate surface area is 148 Å². The zero-order valence-corrected chi connectivity index (χ0v) is 14.8. The third kappa shape index (κ3) is 3.77. The molecule has 7 nitrogen and oxygen atoms in total. The molecular weight excluding hydrogens is 320 g/mol. The molecule has 1 aromatic rings. The molecule has 2 fully saturated rings. The van der Waals surface area contributed by atoms with Crippen molar-refractivity contribution in [2.45, 2.75) is 51.2 Å². The summed E-state index contributed by atoms with van der Waals surface area (Å²) in [6.07, 6.45) is 7.44. The molecule has 2 aliphatic heterocycles. The van der Waals surface area contributed by atoms with Gasteiger partial charge >= 0.3 is 0 Å². The number of morpholine rings is 1. The van der Waals surface area contributed by atoms with Crippen LogP contribution in [0.1, 0.15) is 49.9 Å². The number of hydrogen-bond acceptors (Lipinski definition) is 6. The predicted octanol–water partition coefficient (Wildman–Crippen LogP) is 1.85. The maximum Gasteiger partial charge on any atom is 0.257 e. The molecule has 1 aromatic heterocycles. The van der Waals surface area contributed by atoms with Gasteiger partial charge in [0, 0.05) is 38.6 Å². The molecule has 1 atom stereocenters. The average molecular weight is 346 g/mol. The lowest BCUT2D eigenvalue weighted by Gasteiger charge is -2.47. The molecule has 0 aromatic carbocycles. The van der Waals surface area contributed by atoms with E-state index in [2.05, 4.69) is 21.1 Å². The van der Waals surface area contributed by atoms with Crippen LogP contribution in [0.5, 0.6) is 0 Å². The number of amides is 1. The minimum atomic E-state index is -0.160. The third-order valence-electron chi connectivity index (χ3n) is 5.41. The van der Waals surface area contributed by atoms with E-state index < -0.39 is 0 Å². The molecule has 1 amide bonds. The molecule has 1 aliphatic carbocycles. The van der Waals surface area contributed by atoms with Crippen LogP contribution in [0.4, 0.5) is 0 Å². The summed E-state index contributed by atoms with van der Waals surface area (Å²) >= 11 is 0. The minimum Gasteiger partial charge on any atom is -0.366 e. The normalized spacial score (nSPS) is 25.6. The lowest BCUT2D eigenvalue weighted by atomic mass is 9.95. The minimum absolute atomic E-state index is 0.160. The summed E-state index contributed by atoms with van der Waals surface area (Å²) in [4.78, 5) is 21.1. The summed E-state index contributed by atoms with van der Waals surface area (Å²) in [6.45, 7) is 5.75. The first kappa shape index (κ1) is 16.7. The highest BCUT2D eigenvalue weighted by molar-refractivity contribution is 5.79. The Hall–Kier alpha value is -1.73. The van der Waals surface area contributed by atoms with Crippen molar-refractivity contribution in [3.8, 4) is 0 Å². The van der Waals surface area contributed by atoms with Crippen molar-refractivity contribution in [3.05, 3.63) is 23.4 Å². The largest absolute Gasteiger partial charge is 0.366 e. The van der Waals surface area contributed by atoms with Crippen molar-refractivity contribution in [1.82, 2.24) is 19.9 Å². The van der Waals surface area contributed by atoms with Crippen LogP contribution >= 0.6 is 0 Å². The highest BCUT2D eigenvalue weighted by Gasteiger charge is 2.38. The van der Waals surface area contributed by atoms with Crippen molar-refractivity contribution in [3.63, 3.8) is 0 Å². The van der Waals surface area contributed by atoms with Gasteiger partial charge in [0.05, 0.1) is 6.61 Å². The molecule has 0 saturated carbocycles. The summed E-state index contributed by atoms with van der Waals surface area (Å²) < 4.78 is 11.0. The van der Waals surface area contributed by atoms with Crippen LogP contribution in [0.3, 0.4) is 0 Å². The van der Waals surface area contributed by atoms with Gasteiger partial charge in [-0.2, -0.15) is 4.98 Å². The van der Waals surface area contributed by atoms with E-state index in [-0.39, 0.29) is 12.0 Å². The van der Waals surface area contributed by atoms with E-state index in [1.54, 1.807) is 0 Å². The van der Waals surface area contributed by atoms with Gasteiger partial charge in [-0.25, -0.2) is 0 Å². The molecule has 0 radical (unpaired) electrons. The summed E-state index contributed by atoms with van der Waals surface area (Å²) in [5.74, 6) is 1.47. The van der Waals surface area contributed by atoms with E-state index in [0.29, 0.717) is 30.8 Å². The van der Waals surface area contributed by atoms with Crippen LogP contribution in [0.2, 0.25) is 0 Å².